The average Bonchev–Trinajstić information content (AvgIpc) is 2.22. The lowest BCUT2D eigenvalue weighted by molar-refractivity contribution is 1.31. The fourth-order valence-corrected chi connectivity index (χ4v) is 0.845. The van der Waals surface area contributed by atoms with Crippen molar-refractivity contribution in [2.45, 2.75) is 13.8 Å². The molecule has 0 aliphatic carbocycles. The van der Waals surface area contributed by atoms with Crippen LogP contribution in [-0.2, 0) is 0 Å². The molecule has 0 bridgehead atoms. The molecule has 0 aliphatic heterocycles. The second-order valence-electron chi connectivity index (χ2n) is 2.10. The molecule has 1 heterocycles. The Morgan fingerprint density at radius 2 is 2.08 bits per heavy atom. The van der Waals surface area contributed by atoms with Gasteiger partial charge in [-0.05, 0) is 6.07 Å². The summed E-state index contributed by atoms with van der Waals surface area (Å²) in [5, 5.41) is 0. The lowest BCUT2D eigenvalue weighted by Crippen LogP contribution is -1.86. The van der Waals surface area contributed by atoms with E-state index < -0.39 is 0 Å². The van der Waals surface area contributed by atoms with Gasteiger partial charge in [-0.2, -0.15) is 0 Å². The van der Waals surface area contributed by atoms with Crippen molar-refractivity contribution >= 4 is 12.3 Å². The third kappa shape index (κ3) is 3.65. The third-order valence-corrected chi connectivity index (χ3v) is 1.38. The van der Waals surface area contributed by atoms with Crippen molar-refractivity contribution in [1.29, 1.82) is 0 Å². The Bertz CT molecular complexity index is 277. The summed E-state index contributed by atoms with van der Waals surface area (Å²) in [6.45, 7) is 7.67. The molecule has 1 aromatic heterocycles. The molecular weight excluding hydrogens is 160 g/mol. The number of hydrogen-bond acceptors (Lipinski definition) is 2. The van der Waals surface area contributed by atoms with Crippen LogP contribution in [0.25, 0.3) is 6.08 Å². The van der Waals surface area contributed by atoms with Crippen molar-refractivity contribution in [3.63, 3.8) is 0 Å². The zero-order chi connectivity index (χ0) is 10.1. The second kappa shape index (κ2) is 7.22. The molecule has 2 nitrogen and oxygen atoms in total. The fraction of sp³-hybridized carbons (Fsp3) is 0.273. The third-order valence-electron chi connectivity index (χ3n) is 1.38. The van der Waals surface area contributed by atoms with Crippen molar-refractivity contribution in [1.82, 2.24) is 4.98 Å². The Balaban J connectivity index is 0.000000671. The van der Waals surface area contributed by atoms with E-state index in [2.05, 4.69) is 16.6 Å². The van der Waals surface area contributed by atoms with Gasteiger partial charge in [0.1, 0.15) is 0 Å². The van der Waals surface area contributed by atoms with E-state index in [1.807, 2.05) is 19.9 Å². The van der Waals surface area contributed by atoms with Crippen LogP contribution in [0.3, 0.4) is 0 Å². The molecule has 0 unspecified atom stereocenters. The van der Waals surface area contributed by atoms with Crippen molar-refractivity contribution < 1.29 is 0 Å². The molecule has 0 aromatic carbocycles. The summed E-state index contributed by atoms with van der Waals surface area (Å²) in [6.07, 6.45) is 7.07. The molecule has 0 spiro atoms. The number of hydrogen-bond donors (Lipinski definition) is 0. The summed E-state index contributed by atoms with van der Waals surface area (Å²) in [4.78, 5) is 7.88. The monoisotopic (exact) mass is 176 g/mol. The normalized spacial score (nSPS) is 9.15. The molecule has 2 heteroatoms. The van der Waals surface area contributed by atoms with Gasteiger partial charge in [0.05, 0.1) is 0 Å². The van der Waals surface area contributed by atoms with Crippen LogP contribution < -0.4 is 0 Å². The van der Waals surface area contributed by atoms with Gasteiger partial charge in [0, 0.05) is 36.8 Å². The number of aliphatic imine (C=N–C) groups is 1. The van der Waals surface area contributed by atoms with Crippen molar-refractivity contribution in [3.05, 3.63) is 36.2 Å². The largest absolute Gasteiger partial charge is 0.296 e. The van der Waals surface area contributed by atoms with Gasteiger partial charge in [-0.1, -0.05) is 26.5 Å². The average molecular weight is 176 g/mol. The molecule has 0 atom stereocenters. The Hall–Kier alpha value is -1.44. The molecule has 0 saturated heterocycles. The maximum Gasteiger partial charge on any atom is 0.0346 e. The van der Waals surface area contributed by atoms with Crippen LogP contribution in [-0.4, -0.2) is 18.2 Å². The van der Waals surface area contributed by atoms with E-state index in [-0.39, 0.29) is 0 Å². The minimum Gasteiger partial charge on any atom is -0.296 e. The Morgan fingerprint density at radius 1 is 1.38 bits per heavy atom. The van der Waals surface area contributed by atoms with Gasteiger partial charge in [-0.15, -0.1) is 0 Å². The minimum absolute atomic E-state index is 1.01. The molecule has 1 aromatic rings. The summed E-state index contributed by atoms with van der Waals surface area (Å²) >= 11 is 0. The van der Waals surface area contributed by atoms with Gasteiger partial charge in [0.2, 0.25) is 0 Å². The van der Waals surface area contributed by atoms with E-state index in [9.17, 15) is 0 Å². The highest BCUT2D eigenvalue weighted by Gasteiger charge is 1.92. The van der Waals surface area contributed by atoms with Crippen LogP contribution in [0.2, 0.25) is 0 Å². The van der Waals surface area contributed by atoms with Crippen LogP contribution in [0.4, 0.5) is 0 Å². The summed E-state index contributed by atoms with van der Waals surface area (Å²) < 4.78 is 0. The SMILES string of the molecule is C=Cc1cnccc1C=NC.CC. The molecule has 1 rings (SSSR count). The molecule has 0 N–H and O–H groups in total. The second-order valence-corrected chi connectivity index (χ2v) is 2.10. The van der Waals surface area contributed by atoms with Crippen LogP contribution >= 0.6 is 0 Å². The number of nitrogens with zero attached hydrogens (tertiary/aromatic N) is 2. The lowest BCUT2D eigenvalue weighted by Gasteiger charge is -1.96. The van der Waals surface area contributed by atoms with Crippen LogP contribution in [0.1, 0.15) is 25.0 Å². The maximum absolute atomic E-state index is 3.97. The molecule has 0 fully saturated rings. The molecule has 0 radical (unpaired) electrons. The van der Waals surface area contributed by atoms with Gasteiger partial charge in [-0.3, -0.25) is 9.98 Å². The minimum atomic E-state index is 1.01. The Labute approximate surface area is 80.1 Å². The van der Waals surface area contributed by atoms with Crippen LogP contribution in [0.15, 0.2) is 30.0 Å². The molecule has 70 valence electrons. The van der Waals surface area contributed by atoms with E-state index in [1.165, 1.54) is 0 Å². The first kappa shape index (κ1) is 11.6. The fourth-order valence-electron chi connectivity index (χ4n) is 0.845. The Kier molecular flexibility index (Phi) is 6.42. The first-order chi connectivity index (χ1) is 6.38. The van der Waals surface area contributed by atoms with Gasteiger partial charge in [0.15, 0.2) is 0 Å². The highest BCUT2D eigenvalue weighted by atomic mass is 14.6. The first-order valence-electron chi connectivity index (χ1n) is 4.37. The summed E-state index contributed by atoms with van der Waals surface area (Å²) in [7, 11) is 1.74. The standard InChI is InChI=1S/C9H10N2.C2H6/c1-3-8-7-11-5-4-9(8)6-10-2;1-2/h3-7H,1H2,2H3;1-2H3. The van der Waals surface area contributed by atoms with E-state index in [4.69, 9.17) is 0 Å². The molecule has 0 amide bonds. The van der Waals surface area contributed by atoms with Gasteiger partial charge < -0.3 is 0 Å². The van der Waals surface area contributed by atoms with E-state index in [1.54, 1.807) is 31.7 Å². The maximum atomic E-state index is 3.97. The van der Waals surface area contributed by atoms with Gasteiger partial charge >= 0.3 is 0 Å². The van der Waals surface area contributed by atoms with E-state index in [0.717, 1.165) is 11.1 Å². The Morgan fingerprint density at radius 3 is 2.62 bits per heavy atom. The zero-order valence-corrected chi connectivity index (χ0v) is 8.49. The number of rotatable bonds is 2. The highest BCUT2D eigenvalue weighted by molar-refractivity contribution is 5.84. The van der Waals surface area contributed by atoms with Crippen molar-refractivity contribution in [2.75, 3.05) is 7.05 Å². The predicted molar refractivity (Wildman–Crippen MR) is 59.2 cm³/mol. The van der Waals surface area contributed by atoms with Crippen LogP contribution in [0, 0.1) is 0 Å². The number of pyridine rings is 1. The van der Waals surface area contributed by atoms with E-state index in [0.29, 0.717) is 0 Å². The highest BCUT2D eigenvalue weighted by Crippen LogP contribution is 2.04. The molecular formula is C11H16N2. The van der Waals surface area contributed by atoms with Crippen molar-refractivity contribution in [2.24, 2.45) is 4.99 Å². The number of aromatic nitrogens is 1. The summed E-state index contributed by atoms with van der Waals surface area (Å²) in [5.41, 5.74) is 2.07. The smallest absolute Gasteiger partial charge is 0.0346 e. The van der Waals surface area contributed by atoms with E-state index >= 15 is 0 Å². The van der Waals surface area contributed by atoms with Gasteiger partial charge in [-0.25, -0.2) is 0 Å². The van der Waals surface area contributed by atoms with Crippen LogP contribution in [0.5, 0.6) is 0 Å². The topological polar surface area (TPSA) is 25.2 Å². The molecule has 0 aliphatic rings. The molecule has 13 heavy (non-hydrogen) atoms. The predicted octanol–water partition coefficient (Wildman–Crippen LogP) is 2.80. The summed E-state index contributed by atoms with van der Waals surface area (Å²) in [6, 6.07) is 1.91. The zero-order valence-electron chi connectivity index (χ0n) is 8.49. The molecule has 0 saturated carbocycles. The first-order valence-corrected chi connectivity index (χ1v) is 4.37. The van der Waals surface area contributed by atoms with Gasteiger partial charge in [0.25, 0.3) is 0 Å². The lowest BCUT2D eigenvalue weighted by atomic mass is 10.1. The quantitative estimate of drug-likeness (QED) is 0.636. The van der Waals surface area contributed by atoms with Crippen molar-refractivity contribution in [3.8, 4) is 0 Å². The summed E-state index contributed by atoms with van der Waals surface area (Å²) in [5.74, 6) is 0.